The molecular weight excluding hydrogens is 641 g/mol. The maximum atomic E-state index is 6.57. The van der Waals surface area contributed by atoms with Crippen LogP contribution in [0.2, 0.25) is 0 Å². The second-order valence-electron chi connectivity index (χ2n) is 12.7. The molecule has 0 unspecified atom stereocenters. The van der Waals surface area contributed by atoms with Crippen LogP contribution in [0.1, 0.15) is 33.6 Å². The molecule has 0 bridgehead atoms. The van der Waals surface area contributed by atoms with E-state index in [1.54, 1.807) is 11.0 Å². The highest BCUT2D eigenvalue weighted by atomic mass is 16.5. The number of benzene rings is 5. The van der Waals surface area contributed by atoms with Crippen molar-refractivity contribution in [2.75, 3.05) is 0 Å². The lowest BCUT2D eigenvalue weighted by Gasteiger charge is -2.34. The summed E-state index contributed by atoms with van der Waals surface area (Å²) in [6.45, 7) is 4.29. The summed E-state index contributed by atoms with van der Waals surface area (Å²) in [6.07, 6.45) is 1.79. The molecule has 8 aromatic rings. The number of hydrogen-bond donors (Lipinski definition) is 0. The second kappa shape index (κ2) is 14.2. The average Bonchev–Trinajstić information content (AvgIpc) is 3.69. The fourth-order valence-corrected chi connectivity index (χ4v) is 6.97. The van der Waals surface area contributed by atoms with Crippen LogP contribution in [0.25, 0.3) is 33.8 Å². The lowest BCUT2D eigenvalue weighted by Crippen LogP contribution is -2.39. The highest BCUT2D eigenvalue weighted by molar-refractivity contribution is 5.81. The number of rotatable bonds is 10. The van der Waals surface area contributed by atoms with E-state index >= 15 is 0 Å². The topological polar surface area (TPSA) is 78.6 Å². The smallest absolute Gasteiger partial charge is 0.205 e. The standard InChI is InChI=1S/C45H36N6O/c1-32-29-42(43(33(2)47-32)41-25-15-16-28-46-41)52-31-34-26-27-39(35-17-7-3-8-18-35)40(30-34)44-48-50-51(49-44)45(36-19-9-4-10-20-36,37-21-11-5-12-22-37)38-23-13-6-14-24-38/h3-30H,31H2,1-2H3. The number of pyridine rings is 2. The van der Waals surface area contributed by atoms with Crippen molar-refractivity contribution < 1.29 is 4.74 Å². The van der Waals surface area contributed by atoms with Gasteiger partial charge >= 0.3 is 0 Å². The van der Waals surface area contributed by atoms with Gasteiger partial charge in [0.15, 0.2) is 5.54 Å². The Bertz CT molecular complexity index is 2320. The lowest BCUT2D eigenvalue weighted by molar-refractivity contribution is 0.306. The van der Waals surface area contributed by atoms with Crippen LogP contribution in [-0.4, -0.2) is 30.2 Å². The molecule has 7 nitrogen and oxygen atoms in total. The fourth-order valence-electron chi connectivity index (χ4n) is 6.97. The van der Waals surface area contributed by atoms with Gasteiger partial charge in [-0.15, -0.1) is 15.0 Å². The van der Waals surface area contributed by atoms with Gasteiger partial charge in [-0.2, -0.15) is 0 Å². The third kappa shape index (κ3) is 6.13. The van der Waals surface area contributed by atoms with Gasteiger partial charge in [0, 0.05) is 23.5 Å². The first-order valence-electron chi connectivity index (χ1n) is 17.3. The van der Waals surface area contributed by atoms with Gasteiger partial charge in [-0.05, 0) is 70.6 Å². The Morgan fingerprint density at radius 1 is 0.615 bits per heavy atom. The fraction of sp³-hybridized carbons (Fsp3) is 0.0889. The van der Waals surface area contributed by atoms with Crippen molar-refractivity contribution in [3.8, 4) is 39.5 Å². The van der Waals surface area contributed by atoms with Crippen molar-refractivity contribution in [1.29, 1.82) is 0 Å². The van der Waals surface area contributed by atoms with Crippen LogP contribution in [0, 0.1) is 13.8 Å². The molecule has 0 aliphatic carbocycles. The Morgan fingerprint density at radius 3 is 1.81 bits per heavy atom. The van der Waals surface area contributed by atoms with Gasteiger partial charge in [-0.1, -0.05) is 140 Å². The lowest BCUT2D eigenvalue weighted by atomic mass is 9.77. The van der Waals surface area contributed by atoms with Crippen LogP contribution < -0.4 is 4.74 Å². The predicted molar refractivity (Wildman–Crippen MR) is 205 cm³/mol. The van der Waals surface area contributed by atoms with Gasteiger partial charge in [0.2, 0.25) is 5.82 Å². The molecule has 5 aromatic carbocycles. The molecule has 0 N–H and O–H groups in total. The summed E-state index contributed by atoms with van der Waals surface area (Å²) in [5, 5.41) is 14.9. The normalized spacial score (nSPS) is 11.3. The van der Waals surface area contributed by atoms with Crippen LogP contribution in [0.3, 0.4) is 0 Å². The zero-order valence-electron chi connectivity index (χ0n) is 29.0. The van der Waals surface area contributed by atoms with E-state index in [0.717, 1.165) is 67.3 Å². The monoisotopic (exact) mass is 676 g/mol. The van der Waals surface area contributed by atoms with E-state index < -0.39 is 5.54 Å². The Hall–Kier alpha value is -6.73. The van der Waals surface area contributed by atoms with Gasteiger partial charge < -0.3 is 4.74 Å². The molecular formula is C45H36N6O. The van der Waals surface area contributed by atoms with Crippen molar-refractivity contribution in [2.24, 2.45) is 0 Å². The summed E-state index contributed by atoms with van der Waals surface area (Å²) in [5.41, 5.74) is 9.51. The second-order valence-corrected chi connectivity index (χ2v) is 12.7. The number of aromatic nitrogens is 6. The molecule has 0 saturated carbocycles. The van der Waals surface area contributed by atoms with E-state index in [-0.39, 0.29) is 0 Å². The third-order valence-corrected chi connectivity index (χ3v) is 9.31. The molecule has 0 aliphatic rings. The van der Waals surface area contributed by atoms with Crippen LogP contribution in [0.15, 0.2) is 170 Å². The number of ether oxygens (including phenoxy) is 1. The summed E-state index contributed by atoms with van der Waals surface area (Å²) < 4.78 is 6.57. The van der Waals surface area contributed by atoms with Crippen molar-refractivity contribution in [3.05, 3.63) is 204 Å². The van der Waals surface area contributed by atoms with Crippen molar-refractivity contribution >= 4 is 0 Å². The summed E-state index contributed by atoms with van der Waals surface area (Å²) in [7, 11) is 0. The molecule has 0 aliphatic heterocycles. The Balaban J connectivity index is 1.25. The Kier molecular flexibility index (Phi) is 8.90. The Labute approximate surface area is 303 Å². The maximum absolute atomic E-state index is 6.57. The Morgan fingerprint density at radius 2 is 1.21 bits per heavy atom. The van der Waals surface area contributed by atoms with Crippen LogP contribution in [0.4, 0.5) is 0 Å². The SMILES string of the molecule is Cc1cc(OCc2ccc(-c3ccccc3)c(-c3nnn(C(c4ccccc4)(c4ccccc4)c4ccccc4)n3)c2)c(-c2ccccn2)c(C)n1. The molecule has 0 radical (unpaired) electrons. The van der Waals surface area contributed by atoms with Gasteiger partial charge in [0.1, 0.15) is 12.4 Å². The molecule has 0 atom stereocenters. The molecule has 0 spiro atoms. The van der Waals surface area contributed by atoms with Crippen LogP contribution in [0.5, 0.6) is 5.75 Å². The van der Waals surface area contributed by atoms with E-state index in [2.05, 4.69) is 108 Å². The minimum Gasteiger partial charge on any atom is -0.488 e. The largest absolute Gasteiger partial charge is 0.488 e. The predicted octanol–water partition coefficient (Wildman–Crippen LogP) is 9.50. The molecule has 3 heterocycles. The third-order valence-electron chi connectivity index (χ3n) is 9.31. The minimum absolute atomic E-state index is 0.320. The summed E-state index contributed by atoms with van der Waals surface area (Å²) in [4.78, 5) is 11.1. The highest BCUT2D eigenvalue weighted by Gasteiger charge is 2.41. The molecule has 0 amide bonds. The number of hydrogen-bond acceptors (Lipinski definition) is 6. The molecule has 7 heteroatoms. The summed E-state index contributed by atoms with van der Waals surface area (Å²) in [6, 6.07) is 55.6. The first kappa shape index (κ1) is 32.5. The molecule has 0 fully saturated rings. The van der Waals surface area contributed by atoms with E-state index in [4.69, 9.17) is 25.1 Å². The highest BCUT2D eigenvalue weighted by Crippen LogP contribution is 2.41. The zero-order valence-corrected chi connectivity index (χ0v) is 29.0. The molecule has 0 saturated heterocycles. The van der Waals surface area contributed by atoms with Gasteiger partial charge in [0.25, 0.3) is 0 Å². The maximum Gasteiger partial charge on any atom is 0.205 e. The first-order chi connectivity index (χ1) is 25.6. The number of nitrogens with zero attached hydrogens (tertiary/aromatic N) is 6. The zero-order chi connectivity index (χ0) is 35.3. The number of aryl methyl sites for hydroxylation is 2. The van der Waals surface area contributed by atoms with Crippen molar-refractivity contribution in [1.82, 2.24) is 30.2 Å². The van der Waals surface area contributed by atoms with Gasteiger partial charge in [-0.25, -0.2) is 0 Å². The molecule has 8 rings (SSSR count). The molecule has 252 valence electrons. The minimum atomic E-state index is -0.887. The van der Waals surface area contributed by atoms with E-state index in [1.165, 1.54) is 0 Å². The van der Waals surface area contributed by atoms with E-state index in [0.29, 0.717) is 12.4 Å². The van der Waals surface area contributed by atoms with Crippen LogP contribution >= 0.6 is 0 Å². The van der Waals surface area contributed by atoms with Crippen molar-refractivity contribution in [2.45, 2.75) is 26.0 Å². The van der Waals surface area contributed by atoms with Gasteiger partial charge in [0.05, 0.1) is 17.0 Å². The van der Waals surface area contributed by atoms with E-state index in [9.17, 15) is 0 Å². The summed E-state index contributed by atoms with van der Waals surface area (Å²) in [5.74, 6) is 1.25. The van der Waals surface area contributed by atoms with Crippen LogP contribution in [-0.2, 0) is 12.1 Å². The quantitative estimate of drug-likeness (QED) is 0.134. The number of tetrazole rings is 1. The molecule has 52 heavy (non-hydrogen) atoms. The average molecular weight is 677 g/mol. The van der Waals surface area contributed by atoms with Crippen molar-refractivity contribution in [3.63, 3.8) is 0 Å². The first-order valence-corrected chi connectivity index (χ1v) is 17.3. The summed E-state index contributed by atoms with van der Waals surface area (Å²) >= 11 is 0. The van der Waals surface area contributed by atoms with Gasteiger partial charge in [-0.3, -0.25) is 9.97 Å². The molecule has 3 aromatic heterocycles. The van der Waals surface area contributed by atoms with E-state index in [1.807, 2.05) is 74.5 Å².